The lowest BCUT2D eigenvalue weighted by molar-refractivity contribution is 0.497. The monoisotopic (exact) mass is 204 g/mol. The molecule has 2 rings (SSSR count). The summed E-state index contributed by atoms with van der Waals surface area (Å²) in [6, 6.07) is 1.67. The maximum absolute atomic E-state index is 11.3. The predicted octanol–water partition coefficient (Wildman–Crippen LogP) is 1.88. The van der Waals surface area contributed by atoms with E-state index in [1.54, 1.807) is 18.5 Å². The largest absolute Gasteiger partial charge is 0.439 e. The van der Waals surface area contributed by atoms with E-state index in [0.717, 1.165) is 11.1 Å². The Morgan fingerprint density at radius 2 is 2.07 bits per heavy atom. The van der Waals surface area contributed by atoms with Gasteiger partial charge in [0, 0.05) is 23.9 Å². The molecular formula is C11H12N2O2. The highest BCUT2D eigenvalue weighted by Gasteiger charge is 2.20. The topological polar surface area (TPSA) is 56.0 Å². The molecule has 15 heavy (non-hydrogen) atoms. The Labute approximate surface area is 87.0 Å². The van der Waals surface area contributed by atoms with Crippen LogP contribution in [0.2, 0.25) is 0 Å². The minimum atomic E-state index is -0.557. The Balaban J connectivity index is 2.89. The van der Waals surface area contributed by atoms with Gasteiger partial charge >= 0.3 is 5.76 Å². The zero-order valence-corrected chi connectivity index (χ0v) is 8.94. The van der Waals surface area contributed by atoms with Crippen LogP contribution < -0.4 is 5.76 Å². The third-order valence-electron chi connectivity index (χ3n) is 2.15. The molecular weight excluding hydrogens is 192 g/mol. The third-order valence-corrected chi connectivity index (χ3v) is 2.15. The summed E-state index contributed by atoms with van der Waals surface area (Å²) in [5.74, 6) is -0.557. The first-order valence-corrected chi connectivity index (χ1v) is 4.74. The molecule has 0 saturated heterocycles. The van der Waals surface area contributed by atoms with E-state index in [2.05, 4.69) is 9.97 Å². The van der Waals surface area contributed by atoms with Crippen molar-refractivity contribution in [3.05, 3.63) is 34.7 Å². The van der Waals surface area contributed by atoms with Crippen molar-refractivity contribution in [2.24, 2.45) is 0 Å². The van der Waals surface area contributed by atoms with Crippen LogP contribution in [0.1, 0.15) is 26.5 Å². The highest BCUT2D eigenvalue weighted by Crippen LogP contribution is 2.25. The molecule has 0 radical (unpaired) electrons. The van der Waals surface area contributed by atoms with Crippen LogP contribution in [-0.2, 0) is 5.41 Å². The molecule has 0 aromatic carbocycles. The van der Waals surface area contributed by atoms with Crippen molar-refractivity contribution in [1.29, 1.82) is 0 Å². The normalized spacial score (nSPS) is 11.9. The number of hydrogen-bond donors (Lipinski definition) is 0. The van der Waals surface area contributed by atoms with Crippen molar-refractivity contribution >= 4 is 11.0 Å². The zero-order valence-electron chi connectivity index (χ0n) is 8.94. The Morgan fingerprint density at radius 1 is 1.33 bits per heavy atom. The number of nitrogens with zero attached hydrogens (tertiary/aromatic N) is 2. The standard InChI is InChI=1S/C11H12N2O2/c1-11(2,3)9-7-6-12-5-4-8(7)15-10(14)13-9/h4-6H,1-3H3. The second kappa shape index (κ2) is 3.15. The summed E-state index contributed by atoms with van der Waals surface area (Å²) in [5, 5.41) is 0.796. The molecule has 0 fully saturated rings. The van der Waals surface area contributed by atoms with Gasteiger partial charge in [0.1, 0.15) is 5.58 Å². The van der Waals surface area contributed by atoms with Gasteiger partial charge < -0.3 is 4.42 Å². The van der Waals surface area contributed by atoms with Crippen LogP contribution in [0.15, 0.2) is 27.7 Å². The van der Waals surface area contributed by atoms with Crippen molar-refractivity contribution in [1.82, 2.24) is 9.97 Å². The van der Waals surface area contributed by atoms with Gasteiger partial charge in [0.2, 0.25) is 0 Å². The molecule has 2 aromatic rings. The minimum Gasteiger partial charge on any atom is -0.408 e. The number of pyridine rings is 1. The third kappa shape index (κ3) is 1.75. The van der Waals surface area contributed by atoms with E-state index in [9.17, 15) is 4.79 Å². The average molecular weight is 204 g/mol. The second-order valence-corrected chi connectivity index (χ2v) is 4.45. The smallest absolute Gasteiger partial charge is 0.408 e. The fraction of sp³-hybridized carbons (Fsp3) is 0.364. The first-order valence-electron chi connectivity index (χ1n) is 4.74. The Morgan fingerprint density at radius 3 is 2.73 bits per heavy atom. The van der Waals surface area contributed by atoms with Crippen LogP contribution in [0.25, 0.3) is 11.0 Å². The number of aromatic nitrogens is 2. The van der Waals surface area contributed by atoms with Crippen LogP contribution >= 0.6 is 0 Å². The van der Waals surface area contributed by atoms with Crippen molar-refractivity contribution in [2.45, 2.75) is 26.2 Å². The van der Waals surface area contributed by atoms with Gasteiger partial charge in [-0.3, -0.25) is 4.98 Å². The molecule has 0 aliphatic carbocycles. The SMILES string of the molecule is CC(C)(C)c1nc(=O)oc2ccncc12. The molecule has 0 atom stereocenters. The summed E-state index contributed by atoms with van der Waals surface area (Å²) in [4.78, 5) is 19.2. The summed E-state index contributed by atoms with van der Waals surface area (Å²) in [6.45, 7) is 6.00. The Bertz CT molecular complexity index is 552. The molecule has 0 aliphatic heterocycles. The maximum atomic E-state index is 11.3. The summed E-state index contributed by atoms with van der Waals surface area (Å²) < 4.78 is 4.99. The Hall–Kier alpha value is -1.71. The quantitative estimate of drug-likeness (QED) is 0.657. The van der Waals surface area contributed by atoms with Crippen LogP contribution in [0.5, 0.6) is 0 Å². The van der Waals surface area contributed by atoms with Crippen LogP contribution in [-0.4, -0.2) is 9.97 Å². The molecule has 4 nitrogen and oxygen atoms in total. The molecule has 0 unspecified atom stereocenters. The van der Waals surface area contributed by atoms with Crippen molar-refractivity contribution < 1.29 is 4.42 Å². The molecule has 0 N–H and O–H groups in total. The van der Waals surface area contributed by atoms with Gasteiger partial charge in [-0.15, -0.1) is 0 Å². The Kier molecular flexibility index (Phi) is 2.07. The van der Waals surface area contributed by atoms with E-state index < -0.39 is 5.76 Å². The molecule has 0 bridgehead atoms. The maximum Gasteiger partial charge on any atom is 0.439 e. The number of fused-ring (bicyclic) bond motifs is 1. The molecule has 0 spiro atoms. The van der Waals surface area contributed by atoms with Gasteiger partial charge in [-0.05, 0) is 0 Å². The fourth-order valence-electron chi connectivity index (χ4n) is 1.49. The lowest BCUT2D eigenvalue weighted by atomic mass is 9.90. The highest BCUT2D eigenvalue weighted by molar-refractivity contribution is 5.78. The van der Waals surface area contributed by atoms with E-state index in [1.807, 2.05) is 20.8 Å². The van der Waals surface area contributed by atoms with Crippen molar-refractivity contribution in [2.75, 3.05) is 0 Å². The predicted molar refractivity (Wildman–Crippen MR) is 56.8 cm³/mol. The number of rotatable bonds is 0. The van der Waals surface area contributed by atoms with Crippen molar-refractivity contribution in [3.8, 4) is 0 Å². The van der Waals surface area contributed by atoms with Crippen molar-refractivity contribution in [3.63, 3.8) is 0 Å². The molecule has 2 heterocycles. The van der Waals surface area contributed by atoms with E-state index in [4.69, 9.17) is 4.42 Å². The van der Waals surface area contributed by atoms with Gasteiger partial charge in [-0.25, -0.2) is 4.79 Å². The first kappa shape index (κ1) is 9.83. The first-order chi connectivity index (χ1) is 6.98. The molecule has 0 saturated carbocycles. The second-order valence-electron chi connectivity index (χ2n) is 4.45. The lowest BCUT2D eigenvalue weighted by Crippen LogP contribution is -2.19. The lowest BCUT2D eigenvalue weighted by Gasteiger charge is -2.18. The summed E-state index contributed by atoms with van der Waals surface area (Å²) in [5.41, 5.74) is 1.06. The van der Waals surface area contributed by atoms with Gasteiger partial charge in [-0.1, -0.05) is 20.8 Å². The molecule has 4 heteroatoms. The van der Waals surface area contributed by atoms with Gasteiger partial charge in [-0.2, -0.15) is 4.98 Å². The van der Waals surface area contributed by atoms with Gasteiger partial charge in [0.05, 0.1) is 11.1 Å². The van der Waals surface area contributed by atoms with Crippen LogP contribution in [0.4, 0.5) is 0 Å². The highest BCUT2D eigenvalue weighted by atomic mass is 16.4. The molecule has 0 aliphatic rings. The zero-order chi connectivity index (χ0) is 11.1. The van der Waals surface area contributed by atoms with E-state index >= 15 is 0 Å². The van der Waals surface area contributed by atoms with Gasteiger partial charge in [0.25, 0.3) is 0 Å². The van der Waals surface area contributed by atoms with E-state index in [0.29, 0.717) is 5.58 Å². The average Bonchev–Trinajstić information content (AvgIpc) is 2.15. The molecule has 2 aromatic heterocycles. The minimum absolute atomic E-state index is 0.197. The number of hydrogen-bond acceptors (Lipinski definition) is 4. The molecule has 0 amide bonds. The summed E-state index contributed by atoms with van der Waals surface area (Å²) in [7, 11) is 0. The van der Waals surface area contributed by atoms with Gasteiger partial charge in [0.15, 0.2) is 0 Å². The van der Waals surface area contributed by atoms with Crippen LogP contribution in [0.3, 0.4) is 0 Å². The fourth-order valence-corrected chi connectivity index (χ4v) is 1.49. The summed E-state index contributed by atoms with van der Waals surface area (Å²) in [6.07, 6.45) is 3.27. The summed E-state index contributed by atoms with van der Waals surface area (Å²) >= 11 is 0. The molecule has 78 valence electrons. The van der Waals surface area contributed by atoms with E-state index in [1.165, 1.54) is 0 Å². The van der Waals surface area contributed by atoms with Crippen LogP contribution in [0, 0.1) is 0 Å². The van der Waals surface area contributed by atoms with E-state index in [-0.39, 0.29) is 5.41 Å².